The van der Waals surface area contributed by atoms with Gasteiger partial charge in [-0.1, -0.05) is 13.8 Å². The molecule has 84 valence electrons. The molecule has 0 amide bonds. The van der Waals surface area contributed by atoms with Gasteiger partial charge in [-0.15, -0.1) is 0 Å². The van der Waals surface area contributed by atoms with E-state index in [1.54, 1.807) is 0 Å². The Morgan fingerprint density at radius 2 is 2.14 bits per heavy atom. The molecule has 0 saturated carbocycles. The van der Waals surface area contributed by atoms with Gasteiger partial charge in [-0.05, 0) is 19.8 Å². The lowest BCUT2D eigenvalue weighted by Gasteiger charge is -2.43. The van der Waals surface area contributed by atoms with Gasteiger partial charge in [0, 0.05) is 31.2 Å². The minimum absolute atomic E-state index is 0.126. The molecule has 0 bridgehead atoms. The van der Waals surface area contributed by atoms with Crippen LogP contribution in [0.25, 0.3) is 0 Å². The van der Waals surface area contributed by atoms with Crippen molar-refractivity contribution >= 4 is 0 Å². The third kappa shape index (κ3) is 3.56. The van der Waals surface area contributed by atoms with Crippen molar-refractivity contribution < 1.29 is 5.11 Å². The molecule has 3 heteroatoms. The summed E-state index contributed by atoms with van der Waals surface area (Å²) in [6.45, 7) is 12.3. The van der Waals surface area contributed by atoms with E-state index in [-0.39, 0.29) is 18.2 Å². The highest BCUT2D eigenvalue weighted by Crippen LogP contribution is 2.15. The van der Waals surface area contributed by atoms with Crippen molar-refractivity contribution in [1.29, 1.82) is 0 Å². The van der Waals surface area contributed by atoms with Gasteiger partial charge >= 0.3 is 0 Å². The predicted molar refractivity (Wildman–Crippen MR) is 59.4 cm³/mol. The average Bonchev–Trinajstić information content (AvgIpc) is 1.99. The van der Waals surface area contributed by atoms with Gasteiger partial charge in [-0.25, -0.2) is 0 Å². The first kappa shape index (κ1) is 12.0. The van der Waals surface area contributed by atoms with Crippen molar-refractivity contribution in [2.75, 3.05) is 26.2 Å². The van der Waals surface area contributed by atoms with Gasteiger partial charge in [-0.3, -0.25) is 4.90 Å². The fourth-order valence-electron chi connectivity index (χ4n) is 2.34. The minimum atomic E-state index is 0.126. The molecule has 1 unspecified atom stereocenters. The average molecular weight is 200 g/mol. The quantitative estimate of drug-likeness (QED) is 0.703. The van der Waals surface area contributed by atoms with Crippen LogP contribution in [0.2, 0.25) is 0 Å². The maximum atomic E-state index is 9.19. The van der Waals surface area contributed by atoms with Crippen molar-refractivity contribution in [1.82, 2.24) is 10.2 Å². The summed E-state index contributed by atoms with van der Waals surface area (Å²) in [5, 5.41) is 12.6. The van der Waals surface area contributed by atoms with Gasteiger partial charge in [0.15, 0.2) is 0 Å². The molecule has 0 aliphatic carbocycles. The molecule has 3 nitrogen and oxygen atoms in total. The molecule has 1 aliphatic heterocycles. The molecule has 0 aromatic heterocycles. The van der Waals surface area contributed by atoms with E-state index in [0.29, 0.717) is 5.92 Å². The highest BCUT2D eigenvalue weighted by molar-refractivity contribution is 4.92. The first-order valence-corrected chi connectivity index (χ1v) is 5.54. The lowest BCUT2D eigenvalue weighted by atomic mass is 9.98. The number of nitrogens with zero attached hydrogens (tertiary/aromatic N) is 1. The molecule has 0 spiro atoms. The first-order chi connectivity index (χ1) is 6.43. The number of aliphatic hydroxyl groups is 1. The number of hydrogen-bond acceptors (Lipinski definition) is 3. The van der Waals surface area contributed by atoms with E-state index in [9.17, 15) is 5.11 Å². The fraction of sp³-hybridized carbons (Fsp3) is 1.00. The second kappa shape index (κ2) is 4.60. The second-order valence-corrected chi connectivity index (χ2v) is 5.50. The molecule has 1 atom stereocenters. The van der Waals surface area contributed by atoms with Crippen LogP contribution in [-0.2, 0) is 0 Å². The maximum absolute atomic E-state index is 9.19. The van der Waals surface area contributed by atoms with E-state index < -0.39 is 0 Å². The minimum Gasteiger partial charge on any atom is -0.395 e. The van der Waals surface area contributed by atoms with E-state index >= 15 is 0 Å². The van der Waals surface area contributed by atoms with Crippen LogP contribution in [0.15, 0.2) is 0 Å². The van der Waals surface area contributed by atoms with Gasteiger partial charge < -0.3 is 10.4 Å². The van der Waals surface area contributed by atoms with Gasteiger partial charge in [0.25, 0.3) is 0 Å². The zero-order chi connectivity index (χ0) is 10.8. The van der Waals surface area contributed by atoms with Crippen LogP contribution < -0.4 is 5.32 Å². The van der Waals surface area contributed by atoms with E-state index in [0.717, 1.165) is 19.6 Å². The van der Waals surface area contributed by atoms with Crippen LogP contribution in [0.3, 0.4) is 0 Å². The summed E-state index contributed by atoms with van der Waals surface area (Å²) in [6.07, 6.45) is 0. The van der Waals surface area contributed by atoms with Gasteiger partial charge in [0.05, 0.1) is 6.61 Å². The topological polar surface area (TPSA) is 35.5 Å². The summed E-state index contributed by atoms with van der Waals surface area (Å²) >= 11 is 0. The fourth-order valence-corrected chi connectivity index (χ4v) is 2.34. The summed E-state index contributed by atoms with van der Waals surface area (Å²) in [5.74, 6) is 0.697. The summed E-state index contributed by atoms with van der Waals surface area (Å²) in [5.41, 5.74) is 0.126. The molecule has 1 rings (SSSR count). The van der Waals surface area contributed by atoms with Crippen LogP contribution in [0.1, 0.15) is 27.7 Å². The van der Waals surface area contributed by atoms with E-state index in [1.807, 2.05) is 0 Å². The highest BCUT2D eigenvalue weighted by Gasteiger charge is 2.31. The number of hydrogen-bond donors (Lipinski definition) is 2. The molecule has 0 radical (unpaired) electrons. The first-order valence-electron chi connectivity index (χ1n) is 5.54. The van der Waals surface area contributed by atoms with Crippen molar-refractivity contribution in [2.24, 2.45) is 5.92 Å². The predicted octanol–water partition coefficient (Wildman–Crippen LogP) is 0.687. The number of rotatable bonds is 3. The van der Waals surface area contributed by atoms with Gasteiger partial charge in [0.2, 0.25) is 0 Å². The van der Waals surface area contributed by atoms with Crippen molar-refractivity contribution in [2.45, 2.75) is 39.3 Å². The van der Waals surface area contributed by atoms with Crippen molar-refractivity contribution in [3.8, 4) is 0 Å². The molecule has 14 heavy (non-hydrogen) atoms. The summed E-state index contributed by atoms with van der Waals surface area (Å²) < 4.78 is 0. The number of aliphatic hydroxyl groups excluding tert-OH is 1. The molecule has 1 saturated heterocycles. The zero-order valence-electron chi connectivity index (χ0n) is 9.88. The zero-order valence-corrected chi connectivity index (χ0v) is 9.88. The lowest BCUT2D eigenvalue weighted by molar-refractivity contribution is 0.0787. The molecular formula is C11H24N2O. The van der Waals surface area contributed by atoms with Crippen LogP contribution in [0.5, 0.6) is 0 Å². The maximum Gasteiger partial charge on any atom is 0.0597 e. The second-order valence-electron chi connectivity index (χ2n) is 5.50. The normalized spacial score (nSPS) is 28.3. The third-order valence-corrected chi connectivity index (χ3v) is 2.54. The Morgan fingerprint density at radius 1 is 1.50 bits per heavy atom. The Balaban J connectivity index is 2.52. The molecule has 0 aromatic rings. The van der Waals surface area contributed by atoms with Crippen LogP contribution in [-0.4, -0.2) is 47.8 Å². The Labute approximate surface area is 87.5 Å². The van der Waals surface area contributed by atoms with E-state index in [4.69, 9.17) is 0 Å². The molecule has 2 N–H and O–H groups in total. The Bertz CT molecular complexity index is 180. The summed E-state index contributed by atoms with van der Waals surface area (Å²) in [7, 11) is 0. The van der Waals surface area contributed by atoms with E-state index in [1.165, 1.54) is 0 Å². The highest BCUT2D eigenvalue weighted by atomic mass is 16.3. The van der Waals surface area contributed by atoms with Crippen molar-refractivity contribution in [3.05, 3.63) is 0 Å². The standard InChI is InChI=1S/C11H24N2O/c1-9(2)5-13-6-10(7-14)12-11(3,4)8-13/h9-10,12,14H,5-8H2,1-4H3. The monoisotopic (exact) mass is 200 g/mol. The van der Waals surface area contributed by atoms with Crippen LogP contribution >= 0.6 is 0 Å². The lowest BCUT2D eigenvalue weighted by Crippen LogP contribution is -2.63. The number of piperazine rings is 1. The van der Waals surface area contributed by atoms with Crippen LogP contribution in [0, 0.1) is 5.92 Å². The van der Waals surface area contributed by atoms with E-state index in [2.05, 4.69) is 37.9 Å². The van der Waals surface area contributed by atoms with Crippen molar-refractivity contribution in [3.63, 3.8) is 0 Å². The molecule has 1 heterocycles. The SMILES string of the molecule is CC(C)CN1CC(CO)NC(C)(C)C1. The smallest absolute Gasteiger partial charge is 0.0597 e. The molecule has 1 fully saturated rings. The Kier molecular flexibility index (Phi) is 3.93. The van der Waals surface area contributed by atoms with Crippen LogP contribution in [0.4, 0.5) is 0 Å². The number of nitrogens with one attached hydrogen (secondary N) is 1. The van der Waals surface area contributed by atoms with Gasteiger partial charge in [-0.2, -0.15) is 0 Å². The Hall–Kier alpha value is -0.120. The summed E-state index contributed by atoms with van der Waals surface area (Å²) in [6, 6.07) is 0.234. The molecular weight excluding hydrogens is 176 g/mol. The third-order valence-electron chi connectivity index (χ3n) is 2.54. The molecule has 1 aliphatic rings. The Morgan fingerprint density at radius 3 is 2.64 bits per heavy atom. The largest absolute Gasteiger partial charge is 0.395 e. The van der Waals surface area contributed by atoms with Gasteiger partial charge in [0.1, 0.15) is 0 Å². The summed E-state index contributed by atoms with van der Waals surface area (Å²) in [4.78, 5) is 2.45. The molecule has 0 aromatic carbocycles.